The largest absolute Gasteiger partial charge is 0.494 e. The van der Waals surface area contributed by atoms with Crippen LogP contribution in [0, 0.1) is 11.6 Å². The Morgan fingerprint density at radius 1 is 0.809 bits per heavy atom. The highest BCUT2D eigenvalue weighted by atomic mass is 19.4. The van der Waals surface area contributed by atoms with Gasteiger partial charge < -0.3 is 24.8 Å². The predicted molar refractivity (Wildman–Crippen MR) is 149 cm³/mol. The minimum atomic E-state index is -5.06. The van der Waals surface area contributed by atoms with Crippen LogP contribution in [0.4, 0.5) is 44.3 Å². The zero-order chi connectivity index (χ0) is 34.8. The molecule has 47 heavy (non-hydrogen) atoms. The number of carbonyl (C=O) groups excluding carboxylic acids is 2. The van der Waals surface area contributed by atoms with Crippen LogP contribution in [0.5, 0.6) is 11.5 Å². The molecule has 2 amide bonds. The molecule has 0 radical (unpaired) electrons. The first-order valence-electron chi connectivity index (χ1n) is 13.9. The summed E-state index contributed by atoms with van der Waals surface area (Å²) in [5.41, 5.74) is -2.27. The fraction of sp³-hybridized carbons (Fsp3) is 0.355. The van der Waals surface area contributed by atoms with Crippen molar-refractivity contribution in [3.05, 3.63) is 95.1 Å². The lowest BCUT2D eigenvalue weighted by molar-refractivity contribution is -0.253. The molecule has 0 aliphatic heterocycles. The van der Waals surface area contributed by atoms with Crippen molar-refractivity contribution in [3.63, 3.8) is 0 Å². The summed E-state index contributed by atoms with van der Waals surface area (Å²) >= 11 is 0. The van der Waals surface area contributed by atoms with Gasteiger partial charge >= 0.3 is 30.7 Å². The Bertz CT molecular complexity index is 1490. The van der Waals surface area contributed by atoms with Gasteiger partial charge in [-0.1, -0.05) is 24.3 Å². The summed E-state index contributed by atoms with van der Waals surface area (Å²) in [5.74, 6) is -3.16. The van der Waals surface area contributed by atoms with E-state index in [2.05, 4.69) is 14.8 Å². The van der Waals surface area contributed by atoms with Crippen molar-refractivity contribution in [2.45, 2.75) is 49.9 Å². The van der Waals surface area contributed by atoms with Gasteiger partial charge in [-0.25, -0.2) is 13.6 Å². The molecule has 2 N–H and O–H groups in total. The van der Waals surface area contributed by atoms with E-state index in [9.17, 15) is 49.1 Å². The molecule has 0 saturated carbocycles. The highest BCUT2D eigenvalue weighted by molar-refractivity contribution is 5.76. The van der Waals surface area contributed by atoms with Crippen LogP contribution in [0.1, 0.15) is 36.0 Å². The van der Waals surface area contributed by atoms with Gasteiger partial charge in [0.25, 0.3) is 0 Å². The van der Waals surface area contributed by atoms with Gasteiger partial charge in [-0.3, -0.25) is 4.79 Å². The number of methoxy groups -OCH3 is 1. The molecule has 3 aromatic rings. The Labute approximate surface area is 263 Å². The first kappa shape index (κ1) is 36.8. The highest BCUT2D eigenvalue weighted by Gasteiger charge is 2.45. The van der Waals surface area contributed by atoms with Gasteiger partial charge in [-0.15, -0.1) is 0 Å². The predicted octanol–water partition coefficient (Wildman–Crippen LogP) is 7.27. The SMILES string of the molecule is COC(=O)CCCCOc1ccc(CC(NC(=O)NCC(F)(F)F)(c2ccc(F)cc2)c2cc(F)cc(OC(F)(F)C(F)F)c2)cc1. The number of hydrogen-bond acceptors (Lipinski definition) is 5. The molecule has 0 saturated heterocycles. The van der Waals surface area contributed by atoms with E-state index in [-0.39, 0.29) is 24.6 Å². The van der Waals surface area contributed by atoms with Crippen molar-refractivity contribution in [2.24, 2.45) is 0 Å². The summed E-state index contributed by atoms with van der Waals surface area (Å²) in [7, 11) is 1.27. The smallest absolute Gasteiger partial charge is 0.461 e. The molecule has 1 unspecified atom stereocenters. The number of ether oxygens (including phenoxy) is 3. The van der Waals surface area contributed by atoms with E-state index in [1.54, 1.807) is 5.32 Å². The summed E-state index contributed by atoms with van der Waals surface area (Å²) in [6.45, 7) is -1.56. The van der Waals surface area contributed by atoms with Crippen LogP contribution in [0.25, 0.3) is 0 Å². The maximum atomic E-state index is 14.9. The number of benzene rings is 3. The molecular formula is C31H29F9N2O5. The average molecular weight is 681 g/mol. The van der Waals surface area contributed by atoms with E-state index in [4.69, 9.17) is 4.74 Å². The summed E-state index contributed by atoms with van der Waals surface area (Å²) < 4.78 is 135. The van der Waals surface area contributed by atoms with E-state index in [0.717, 1.165) is 30.3 Å². The first-order valence-corrected chi connectivity index (χ1v) is 13.9. The molecule has 16 heteroatoms. The highest BCUT2D eigenvalue weighted by Crippen LogP contribution is 2.38. The Morgan fingerprint density at radius 3 is 2.06 bits per heavy atom. The molecule has 0 aliphatic carbocycles. The summed E-state index contributed by atoms with van der Waals surface area (Å²) in [6, 6.07) is 10.4. The molecule has 3 aromatic carbocycles. The van der Waals surface area contributed by atoms with Crippen LogP contribution < -0.4 is 20.1 Å². The van der Waals surface area contributed by atoms with E-state index in [0.29, 0.717) is 36.3 Å². The molecule has 0 spiro atoms. The van der Waals surface area contributed by atoms with Crippen molar-refractivity contribution in [2.75, 3.05) is 20.3 Å². The molecule has 0 fully saturated rings. The van der Waals surface area contributed by atoms with Gasteiger partial charge in [0.1, 0.15) is 29.7 Å². The van der Waals surface area contributed by atoms with Crippen molar-refractivity contribution >= 4 is 12.0 Å². The lowest BCUT2D eigenvalue weighted by atomic mass is 9.77. The number of halogens is 9. The van der Waals surface area contributed by atoms with Crippen LogP contribution in [0.15, 0.2) is 66.7 Å². The third kappa shape index (κ3) is 11.0. The molecule has 0 aromatic heterocycles. The number of carbonyl (C=O) groups is 2. The van der Waals surface area contributed by atoms with E-state index >= 15 is 0 Å². The molecule has 256 valence electrons. The minimum Gasteiger partial charge on any atom is -0.494 e. The van der Waals surface area contributed by atoms with Gasteiger partial charge in [0.05, 0.1) is 19.3 Å². The lowest BCUT2D eigenvalue weighted by Crippen LogP contribution is -2.53. The van der Waals surface area contributed by atoms with E-state index in [1.807, 2.05) is 0 Å². The van der Waals surface area contributed by atoms with Gasteiger partial charge in [0, 0.05) is 18.9 Å². The quantitative estimate of drug-likeness (QED) is 0.100. The second-order valence-electron chi connectivity index (χ2n) is 10.2. The second-order valence-corrected chi connectivity index (χ2v) is 10.2. The number of esters is 1. The van der Waals surface area contributed by atoms with E-state index in [1.165, 1.54) is 31.4 Å². The zero-order valence-electron chi connectivity index (χ0n) is 24.6. The molecular weight excluding hydrogens is 651 g/mol. The van der Waals surface area contributed by atoms with Crippen LogP contribution in [0.3, 0.4) is 0 Å². The van der Waals surface area contributed by atoms with Crippen molar-refractivity contribution < 1.29 is 63.3 Å². The average Bonchev–Trinajstić information content (AvgIpc) is 2.99. The number of urea groups is 1. The third-order valence-corrected chi connectivity index (χ3v) is 6.65. The van der Waals surface area contributed by atoms with Crippen molar-refractivity contribution in [1.82, 2.24) is 10.6 Å². The van der Waals surface area contributed by atoms with Crippen LogP contribution >= 0.6 is 0 Å². The maximum Gasteiger partial charge on any atom is 0.461 e. The Morgan fingerprint density at radius 2 is 1.47 bits per heavy atom. The molecule has 1 atom stereocenters. The Hall–Kier alpha value is -4.63. The van der Waals surface area contributed by atoms with Gasteiger partial charge in [-0.2, -0.15) is 30.7 Å². The summed E-state index contributed by atoms with van der Waals surface area (Å²) in [4.78, 5) is 24.1. The molecule has 7 nitrogen and oxygen atoms in total. The fourth-order valence-corrected chi connectivity index (χ4v) is 4.46. The number of nitrogens with one attached hydrogen (secondary N) is 2. The second kappa shape index (κ2) is 15.8. The van der Waals surface area contributed by atoms with Crippen LogP contribution in [0.2, 0.25) is 0 Å². The van der Waals surface area contributed by atoms with Gasteiger partial charge in [-0.05, 0) is 65.9 Å². The summed E-state index contributed by atoms with van der Waals surface area (Å²) in [5, 5.41) is 3.93. The fourth-order valence-electron chi connectivity index (χ4n) is 4.46. The van der Waals surface area contributed by atoms with Gasteiger partial charge in [0.2, 0.25) is 0 Å². The van der Waals surface area contributed by atoms with Crippen LogP contribution in [-0.4, -0.2) is 51.0 Å². The topological polar surface area (TPSA) is 85.9 Å². The van der Waals surface area contributed by atoms with E-state index < -0.39 is 66.2 Å². The monoisotopic (exact) mass is 680 g/mol. The molecule has 3 rings (SSSR count). The third-order valence-electron chi connectivity index (χ3n) is 6.65. The zero-order valence-corrected chi connectivity index (χ0v) is 24.6. The molecule has 0 heterocycles. The van der Waals surface area contributed by atoms with Crippen molar-refractivity contribution in [1.29, 1.82) is 0 Å². The Balaban J connectivity index is 2.06. The number of hydrogen-bond donors (Lipinski definition) is 2. The molecule has 0 aliphatic rings. The molecule has 0 bridgehead atoms. The summed E-state index contributed by atoms with van der Waals surface area (Å²) in [6.07, 6.45) is -13.4. The van der Waals surface area contributed by atoms with Crippen molar-refractivity contribution in [3.8, 4) is 11.5 Å². The van der Waals surface area contributed by atoms with Gasteiger partial charge in [0.15, 0.2) is 0 Å². The number of rotatable bonds is 15. The number of alkyl halides is 7. The lowest BCUT2D eigenvalue weighted by Gasteiger charge is -2.37. The minimum absolute atomic E-state index is 0.0517. The first-order chi connectivity index (χ1) is 22.0. The number of unbranched alkanes of at least 4 members (excludes halogenated alkanes) is 1. The standard InChI is InChI=1S/C31H29F9N2O5/c1-45-26(43)4-2-3-13-46-24-11-5-19(6-12-24)17-29(20-7-9-22(32)10-8-20,42-28(44)41-18-30(36,37)38)21-14-23(33)16-25(15-21)47-31(39,40)27(34)35/h5-12,14-16,27H,2-4,13,17-18H2,1H3,(H2,41,42,44). The van der Waals surface area contributed by atoms with Crippen LogP contribution in [-0.2, 0) is 21.5 Å². The maximum absolute atomic E-state index is 14.9. The normalized spacial score (nSPS) is 13.1. The Kier molecular flexibility index (Phi) is 12.4. The number of amides is 2.